The Labute approximate surface area is 194 Å². The van der Waals surface area contributed by atoms with E-state index in [1.807, 2.05) is 0 Å². The van der Waals surface area contributed by atoms with Crippen molar-refractivity contribution < 1.29 is 14.4 Å². The van der Waals surface area contributed by atoms with Gasteiger partial charge in [-0.15, -0.1) is 5.10 Å². The number of hydrogen-bond donors (Lipinski definition) is 3. The van der Waals surface area contributed by atoms with Crippen molar-refractivity contribution in [3.05, 3.63) is 74.5 Å². The van der Waals surface area contributed by atoms with Gasteiger partial charge in [-0.1, -0.05) is 34.5 Å². The second-order valence-electron chi connectivity index (χ2n) is 6.84. The van der Waals surface area contributed by atoms with E-state index in [2.05, 4.69) is 26.3 Å². The molecule has 0 aliphatic carbocycles. The third kappa shape index (κ3) is 5.06. The summed E-state index contributed by atoms with van der Waals surface area (Å²) in [5.41, 5.74) is 2.20. The third-order valence-electron chi connectivity index (χ3n) is 4.68. The number of aromatic nitrogens is 3. The largest absolute Gasteiger partial charge is 0.355 e. The van der Waals surface area contributed by atoms with Crippen LogP contribution in [0.2, 0.25) is 10.0 Å². The second-order valence-corrected chi connectivity index (χ2v) is 7.66. The van der Waals surface area contributed by atoms with Crippen LogP contribution in [0.4, 0.5) is 5.69 Å². The SMILES string of the molecule is CNC(=O)c1cc(NC(=O)c2nnn(Cc3ccc(Cl)c(Cl)c3)c2C)cc(C(=O)NC)c1. The Balaban J connectivity index is 1.85. The van der Waals surface area contributed by atoms with Crippen molar-refractivity contribution in [2.45, 2.75) is 13.5 Å². The number of nitrogens with zero attached hydrogens (tertiary/aromatic N) is 3. The molecule has 0 aliphatic heterocycles. The molecule has 3 N–H and O–H groups in total. The molecule has 0 atom stereocenters. The van der Waals surface area contributed by atoms with E-state index in [0.717, 1.165) is 5.56 Å². The topological polar surface area (TPSA) is 118 Å². The first-order valence-electron chi connectivity index (χ1n) is 9.48. The van der Waals surface area contributed by atoms with E-state index < -0.39 is 17.7 Å². The maximum atomic E-state index is 12.8. The summed E-state index contributed by atoms with van der Waals surface area (Å²) < 4.78 is 1.56. The number of hydrogen-bond acceptors (Lipinski definition) is 5. The highest BCUT2D eigenvalue weighted by atomic mass is 35.5. The van der Waals surface area contributed by atoms with Gasteiger partial charge in [-0.05, 0) is 42.8 Å². The number of carbonyl (C=O) groups is 3. The molecule has 0 radical (unpaired) electrons. The van der Waals surface area contributed by atoms with Crippen molar-refractivity contribution in [2.24, 2.45) is 0 Å². The van der Waals surface area contributed by atoms with Crippen LogP contribution in [0.15, 0.2) is 36.4 Å². The van der Waals surface area contributed by atoms with Gasteiger partial charge in [-0.2, -0.15) is 0 Å². The summed E-state index contributed by atoms with van der Waals surface area (Å²) >= 11 is 12.0. The highest BCUT2D eigenvalue weighted by Gasteiger charge is 2.19. The first kappa shape index (κ1) is 23.2. The number of anilines is 1. The normalized spacial score (nSPS) is 10.5. The molecule has 3 aromatic rings. The van der Waals surface area contributed by atoms with Gasteiger partial charge in [0.15, 0.2) is 5.69 Å². The summed E-state index contributed by atoms with van der Waals surface area (Å²) in [6.45, 7) is 2.05. The predicted octanol–water partition coefficient (Wildman–Crippen LogP) is 2.91. The van der Waals surface area contributed by atoms with Crippen molar-refractivity contribution in [1.29, 1.82) is 0 Å². The van der Waals surface area contributed by atoms with Crippen LogP contribution in [0.3, 0.4) is 0 Å². The number of amides is 3. The predicted molar refractivity (Wildman–Crippen MR) is 121 cm³/mol. The van der Waals surface area contributed by atoms with Crippen LogP contribution in [-0.4, -0.2) is 46.8 Å². The van der Waals surface area contributed by atoms with E-state index in [-0.39, 0.29) is 22.5 Å². The van der Waals surface area contributed by atoms with E-state index in [1.165, 1.54) is 32.3 Å². The Hall–Kier alpha value is -3.43. The number of nitrogens with one attached hydrogen (secondary N) is 3. The van der Waals surface area contributed by atoms with E-state index >= 15 is 0 Å². The van der Waals surface area contributed by atoms with Gasteiger partial charge in [-0.3, -0.25) is 14.4 Å². The Kier molecular flexibility index (Phi) is 7.12. The summed E-state index contributed by atoms with van der Waals surface area (Å²) in [5.74, 6) is -1.31. The zero-order chi connectivity index (χ0) is 23.4. The number of carbonyl (C=O) groups excluding carboxylic acids is 3. The molecule has 0 unspecified atom stereocenters. The van der Waals surface area contributed by atoms with Gasteiger partial charge in [0.1, 0.15) is 0 Å². The Morgan fingerprint density at radius 3 is 2.09 bits per heavy atom. The minimum Gasteiger partial charge on any atom is -0.355 e. The third-order valence-corrected chi connectivity index (χ3v) is 5.42. The lowest BCUT2D eigenvalue weighted by Gasteiger charge is -2.10. The second kappa shape index (κ2) is 9.80. The minimum atomic E-state index is -0.528. The van der Waals surface area contributed by atoms with Gasteiger partial charge in [-0.25, -0.2) is 4.68 Å². The molecule has 2 aromatic carbocycles. The van der Waals surface area contributed by atoms with Gasteiger partial charge < -0.3 is 16.0 Å². The van der Waals surface area contributed by atoms with Gasteiger partial charge in [0.2, 0.25) is 0 Å². The molecule has 166 valence electrons. The molecule has 0 bridgehead atoms. The monoisotopic (exact) mass is 474 g/mol. The lowest BCUT2D eigenvalue weighted by molar-refractivity contribution is 0.0960. The molecule has 0 fully saturated rings. The molecular formula is C21H20Cl2N6O3. The first-order chi connectivity index (χ1) is 15.2. The molecule has 1 heterocycles. The molecule has 11 heteroatoms. The van der Waals surface area contributed by atoms with Crippen LogP contribution in [0.1, 0.15) is 42.5 Å². The Morgan fingerprint density at radius 1 is 0.906 bits per heavy atom. The molecule has 0 spiro atoms. The fraction of sp³-hybridized carbons (Fsp3) is 0.190. The van der Waals surface area contributed by atoms with E-state index in [1.54, 1.807) is 29.8 Å². The molecule has 0 saturated heterocycles. The summed E-state index contributed by atoms with van der Waals surface area (Å²) in [5, 5.41) is 16.6. The number of rotatable bonds is 6. The lowest BCUT2D eigenvalue weighted by atomic mass is 10.1. The fourth-order valence-electron chi connectivity index (χ4n) is 2.97. The summed E-state index contributed by atoms with van der Waals surface area (Å²) in [6, 6.07) is 9.58. The van der Waals surface area contributed by atoms with Gasteiger partial charge >= 0.3 is 0 Å². The Morgan fingerprint density at radius 2 is 1.53 bits per heavy atom. The molecule has 3 amide bonds. The average molecular weight is 475 g/mol. The number of halogens is 2. The summed E-state index contributed by atoms with van der Waals surface area (Å²) in [6.07, 6.45) is 0. The van der Waals surface area contributed by atoms with Crippen LogP contribution < -0.4 is 16.0 Å². The zero-order valence-corrected chi connectivity index (χ0v) is 19.0. The van der Waals surface area contributed by atoms with Crippen LogP contribution >= 0.6 is 23.2 Å². The average Bonchev–Trinajstić information content (AvgIpc) is 3.14. The lowest BCUT2D eigenvalue weighted by Crippen LogP contribution is -2.22. The molecule has 1 aromatic heterocycles. The first-order valence-corrected chi connectivity index (χ1v) is 10.2. The van der Waals surface area contributed by atoms with Crippen molar-refractivity contribution in [3.8, 4) is 0 Å². The van der Waals surface area contributed by atoms with Gasteiger partial charge in [0.25, 0.3) is 17.7 Å². The smallest absolute Gasteiger partial charge is 0.278 e. The van der Waals surface area contributed by atoms with Crippen LogP contribution in [0, 0.1) is 6.92 Å². The van der Waals surface area contributed by atoms with Crippen LogP contribution in [0.5, 0.6) is 0 Å². The standard InChI is InChI=1S/C21H20Cl2N6O3/c1-11-18(27-28-29(11)10-12-4-5-16(22)17(23)6-12)21(32)26-15-8-13(19(30)24-2)7-14(9-15)20(31)25-3/h4-9H,10H2,1-3H3,(H,24,30)(H,25,31)(H,26,32). The van der Waals surface area contributed by atoms with E-state index in [9.17, 15) is 14.4 Å². The van der Waals surface area contributed by atoms with Crippen LogP contribution in [0.25, 0.3) is 0 Å². The fourth-order valence-corrected chi connectivity index (χ4v) is 3.29. The maximum Gasteiger partial charge on any atom is 0.278 e. The van der Waals surface area contributed by atoms with Crippen molar-refractivity contribution in [3.63, 3.8) is 0 Å². The number of benzene rings is 2. The van der Waals surface area contributed by atoms with Gasteiger partial charge in [0, 0.05) is 30.9 Å². The summed E-state index contributed by atoms with van der Waals surface area (Å²) in [4.78, 5) is 37.0. The van der Waals surface area contributed by atoms with Crippen molar-refractivity contribution >= 4 is 46.6 Å². The van der Waals surface area contributed by atoms with E-state index in [4.69, 9.17) is 23.2 Å². The van der Waals surface area contributed by atoms with Crippen molar-refractivity contribution in [1.82, 2.24) is 25.6 Å². The molecule has 0 saturated carbocycles. The zero-order valence-electron chi connectivity index (χ0n) is 17.5. The van der Waals surface area contributed by atoms with E-state index in [0.29, 0.717) is 22.3 Å². The van der Waals surface area contributed by atoms with Gasteiger partial charge in [0.05, 0.1) is 22.3 Å². The highest BCUT2D eigenvalue weighted by Crippen LogP contribution is 2.23. The van der Waals surface area contributed by atoms with Crippen molar-refractivity contribution in [2.75, 3.05) is 19.4 Å². The Bertz CT molecular complexity index is 1170. The molecule has 0 aliphatic rings. The maximum absolute atomic E-state index is 12.8. The molecule has 32 heavy (non-hydrogen) atoms. The summed E-state index contributed by atoms with van der Waals surface area (Å²) in [7, 11) is 2.95. The quantitative estimate of drug-likeness (QED) is 0.507. The van der Waals surface area contributed by atoms with Crippen LogP contribution in [-0.2, 0) is 6.54 Å². The molecule has 9 nitrogen and oxygen atoms in total. The molecule has 3 rings (SSSR count). The minimum absolute atomic E-state index is 0.108. The molecular weight excluding hydrogens is 455 g/mol. The highest BCUT2D eigenvalue weighted by molar-refractivity contribution is 6.42.